The van der Waals surface area contributed by atoms with Crippen molar-refractivity contribution < 1.29 is 13.2 Å². The van der Waals surface area contributed by atoms with Crippen LogP contribution in [-0.4, -0.2) is 57.0 Å². The van der Waals surface area contributed by atoms with Crippen LogP contribution in [0.4, 0.5) is 0 Å². The molecule has 0 radical (unpaired) electrons. The molecular formula is C18H21BrN2O3S. The van der Waals surface area contributed by atoms with Crippen molar-refractivity contribution in [2.24, 2.45) is 0 Å². The molecular weight excluding hydrogens is 404 g/mol. The van der Waals surface area contributed by atoms with Crippen LogP contribution in [0.2, 0.25) is 0 Å². The van der Waals surface area contributed by atoms with Crippen LogP contribution in [0.15, 0.2) is 64.0 Å². The Bertz CT molecular complexity index is 774. The summed E-state index contributed by atoms with van der Waals surface area (Å²) in [6.45, 7) is 3.83. The van der Waals surface area contributed by atoms with Crippen molar-refractivity contribution in [3.8, 4) is 5.75 Å². The van der Waals surface area contributed by atoms with Crippen molar-refractivity contribution in [3.63, 3.8) is 0 Å². The van der Waals surface area contributed by atoms with E-state index in [1.54, 1.807) is 28.6 Å². The van der Waals surface area contributed by atoms with Gasteiger partial charge in [-0.2, -0.15) is 4.31 Å². The van der Waals surface area contributed by atoms with Crippen LogP contribution in [0.3, 0.4) is 0 Å². The highest BCUT2D eigenvalue weighted by molar-refractivity contribution is 9.10. The minimum absolute atomic E-state index is 0.344. The molecule has 1 heterocycles. The fraction of sp³-hybridized carbons (Fsp3) is 0.333. The Morgan fingerprint density at radius 1 is 0.920 bits per heavy atom. The Labute approximate surface area is 157 Å². The monoisotopic (exact) mass is 424 g/mol. The summed E-state index contributed by atoms with van der Waals surface area (Å²) in [7, 11) is -3.41. The third-order valence-electron chi connectivity index (χ3n) is 4.20. The van der Waals surface area contributed by atoms with Crippen LogP contribution in [0, 0.1) is 0 Å². The minimum atomic E-state index is -3.41. The van der Waals surface area contributed by atoms with Crippen LogP contribution < -0.4 is 4.74 Å². The first-order chi connectivity index (χ1) is 12.1. The summed E-state index contributed by atoms with van der Waals surface area (Å²) >= 11 is 3.33. The second-order valence-electron chi connectivity index (χ2n) is 5.86. The summed E-state index contributed by atoms with van der Waals surface area (Å²) in [6, 6.07) is 16.5. The highest BCUT2D eigenvalue weighted by atomic mass is 79.9. The van der Waals surface area contributed by atoms with Crippen molar-refractivity contribution in [2.75, 3.05) is 39.3 Å². The lowest BCUT2D eigenvalue weighted by molar-refractivity contribution is 0.159. The van der Waals surface area contributed by atoms with Gasteiger partial charge < -0.3 is 4.74 Å². The Balaban J connectivity index is 1.49. The highest BCUT2D eigenvalue weighted by Crippen LogP contribution is 2.20. The minimum Gasteiger partial charge on any atom is -0.492 e. The molecule has 0 unspecified atom stereocenters. The number of hydrogen-bond donors (Lipinski definition) is 0. The van der Waals surface area contributed by atoms with Crippen LogP contribution in [0.5, 0.6) is 5.75 Å². The zero-order valence-corrected chi connectivity index (χ0v) is 16.2. The van der Waals surface area contributed by atoms with Crippen molar-refractivity contribution in [2.45, 2.75) is 4.90 Å². The molecule has 0 atom stereocenters. The molecule has 2 aromatic carbocycles. The lowest BCUT2D eigenvalue weighted by Crippen LogP contribution is -2.49. The number of ether oxygens (including phenoxy) is 1. The number of halogens is 1. The molecule has 25 heavy (non-hydrogen) atoms. The second-order valence-corrected chi connectivity index (χ2v) is 8.71. The van der Waals surface area contributed by atoms with Gasteiger partial charge in [-0.25, -0.2) is 8.42 Å². The fourth-order valence-corrected chi connectivity index (χ4v) is 4.44. The molecule has 0 saturated carbocycles. The van der Waals surface area contributed by atoms with E-state index in [1.165, 1.54) is 0 Å². The number of sulfonamides is 1. The van der Waals surface area contributed by atoms with Crippen molar-refractivity contribution in [1.82, 2.24) is 9.21 Å². The average Bonchev–Trinajstić information content (AvgIpc) is 2.63. The average molecular weight is 425 g/mol. The van der Waals surface area contributed by atoms with Gasteiger partial charge in [0.1, 0.15) is 12.4 Å². The van der Waals surface area contributed by atoms with Gasteiger partial charge in [-0.1, -0.05) is 34.1 Å². The molecule has 0 bridgehead atoms. The molecule has 0 aromatic heterocycles. The number of piperazine rings is 1. The van der Waals surface area contributed by atoms with Gasteiger partial charge in [-0.15, -0.1) is 0 Å². The number of para-hydroxylation sites is 1. The van der Waals surface area contributed by atoms with Gasteiger partial charge in [0, 0.05) is 37.2 Å². The maximum absolute atomic E-state index is 12.7. The zero-order chi connectivity index (χ0) is 17.7. The summed E-state index contributed by atoms with van der Waals surface area (Å²) in [5.74, 6) is 0.860. The van der Waals surface area contributed by atoms with E-state index in [2.05, 4.69) is 20.8 Å². The van der Waals surface area contributed by atoms with E-state index in [1.807, 2.05) is 30.3 Å². The van der Waals surface area contributed by atoms with E-state index in [0.717, 1.165) is 16.8 Å². The Hall–Kier alpha value is -1.41. The van der Waals surface area contributed by atoms with Gasteiger partial charge in [0.15, 0.2) is 0 Å². The van der Waals surface area contributed by atoms with E-state index < -0.39 is 10.0 Å². The summed E-state index contributed by atoms with van der Waals surface area (Å²) in [5.41, 5.74) is 0. The summed E-state index contributed by atoms with van der Waals surface area (Å²) in [4.78, 5) is 2.58. The maximum Gasteiger partial charge on any atom is 0.243 e. The maximum atomic E-state index is 12.7. The molecule has 1 aliphatic heterocycles. The van der Waals surface area contributed by atoms with Crippen LogP contribution in [-0.2, 0) is 10.0 Å². The number of hydrogen-bond acceptors (Lipinski definition) is 4. The van der Waals surface area contributed by atoms with Gasteiger partial charge in [0.2, 0.25) is 10.0 Å². The highest BCUT2D eigenvalue weighted by Gasteiger charge is 2.28. The molecule has 1 saturated heterocycles. The molecule has 0 aliphatic carbocycles. The lowest BCUT2D eigenvalue weighted by atomic mass is 10.3. The van der Waals surface area contributed by atoms with Crippen molar-refractivity contribution in [1.29, 1.82) is 0 Å². The van der Waals surface area contributed by atoms with E-state index in [4.69, 9.17) is 4.74 Å². The van der Waals surface area contributed by atoms with Gasteiger partial charge in [0.05, 0.1) is 4.90 Å². The molecule has 1 fully saturated rings. The first-order valence-electron chi connectivity index (χ1n) is 8.22. The van der Waals surface area contributed by atoms with Crippen LogP contribution in [0.1, 0.15) is 0 Å². The predicted molar refractivity (Wildman–Crippen MR) is 101 cm³/mol. The Kier molecular flexibility index (Phi) is 6.11. The van der Waals surface area contributed by atoms with Gasteiger partial charge in [-0.05, 0) is 36.4 Å². The smallest absolute Gasteiger partial charge is 0.243 e. The first kappa shape index (κ1) is 18.4. The van der Waals surface area contributed by atoms with Gasteiger partial charge >= 0.3 is 0 Å². The van der Waals surface area contributed by atoms with E-state index in [0.29, 0.717) is 37.7 Å². The largest absolute Gasteiger partial charge is 0.492 e. The van der Waals surface area contributed by atoms with E-state index in [9.17, 15) is 8.42 Å². The lowest BCUT2D eigenvalue weighted by Gasteiger charge is -2.33. The first-order valence-corrected chi connectivity index (χ1v) is 10.4. The van der Waals surface area contributed by atoms with Crippen LogP contribution >= 0.6 is 15.9 Å². The molecule has 5 nitrogen and oxygen atoms in total. The van der Waals surface area contributed by atoms with Crippen molar-refractivity contribution in [3.05, 3.63) is 59.1 Å². The van der Waals surface area contributed by atoms with Crippen molar-refractivity contribution >= 4 is 26.0 Å². The van der Waals surface area contributed by atoms with Gasteiger partial charge in [-0.3, -0.25) is 4.90 Å². The van der Waals surface area contributed by atoms with Crippen LogP contribution in [0.25, 0.3) is 0 Å². The summed E-state index contributed by atoms with van der Waals surface area (Å²) in [5, 5.41) is 0. The third kappa shape index (κ3) is 4.82. The molecule has 1 aliphatic rings. The molecule has 3 rings (SSSR count). The topological polar surface area (TPSA) is 49.9 Å². The fourth-order valence-electron chi connectivity index (χ4n) is 2.76. The summed E-state index contributed by atoms with van der Waals surface area (Å²) < 4.78 is 33.5. The number of nitrogens with zero attached hydrogens (tertiary/aromatic N) is 2. The SMILES string of the molecule is O=S(=O)(c1ccc(Br)cc1)N1CCN(CCOc2ccccc2)CC1. The van der Waals surface area contributed by atoms with Gasteiger partial charge in [0.25, 0.3) is 0 Å². The molecule has 0 amide bonds. The number of benzene rings is 2. The molecule has 0 N–H and O–H groups in total. The Morgan fingerprint density at radius 2 is 1.56 bits per heavy atom. The third-order valence-corrected chi connectivity index (χ3v) is 6.64. The molecule has 2 aromatic rings. The normalized spacial score (nSPS) is 16.7. The molecule has 134 valence electrons. The zero-order valence-electron chi connectivity index (χ0n) is 13.8. The quantitative estimate of drug-likeness (QED) is 0.715. The Morgan fingerprint density at radius 3 is 2.20 bits per heavy atom. The summed E-state index contributed by atoms with van der Waals surface area (Å²) in [6.07, 6.45) is 0. The standard InChI is InChI=1S/C18H21BrN2O3S/c19-16-6-8-18(9-7-16)25(22,23)21-12-10-20(11-13-21)14-15-24-17-4-2-1-3-5-17/h1-9H,10-15H2. The van der Waals surface area contributed by atoms with E-state index >= 15 is 0 Å². The molecule has 7 heteroatoms. The molecule has 0 spiro atoms. The number of rotatable bonds is 6. The second kappa shape index (κ2) is 8.31. The predicted octanol–water partition coefficient (Wildman–Crippen LogP) is 2.83. The van der Waals surface area contributed by atoms with E-state index in [-0.39, 0.29) is 0 Å².